The Balaban J connectivity index is 3.65. The van der Waals surface area contributed by atoms with Crippen LogP contribution in [0.3, 0.4) is 0 Å². The van der Waals surface area contributed by atoms with Crippen LogP contribution in [-0.4, -0.2) is 31.5 Å². The Kier molecular flexibility index (Phi) is 11.6. The third kappa shape index (κ3) is 8.19. The Labute approximate surface area is 197 Å². The fourth-order valence-corrected chi connectivity index (χ4v) is 24.9. The summed E-state index contributed by atoms with van der Waals surface area (Å²) in [5.74, 6) is 0. The van der Waals surface area contributed by atoms with Gasteiger partial charge in [0.1, 0.15) is 0 Å². The first-order chi connectivity index (χ1) is 14.7. The normalized spacial score (nSPS) is 14.5. The van der Waals surface area contributed by atoms with E-state index >= 15 is 0 Å². The summed E-state index contributed by atoms with van der Waals surface area (Å²) in [7, 11) is -3.66. The number of nitrogens with one attached hydrogen (secondary N) is 1. The fraction of sp³-hybridized carbons (Fsp3) is 0.750. The summed E-state index contributed by atoms with van der Waals surface area (Å²) >= 11 is -3.23. The average molecular weight is 584 g/mol. The number of halogens is 3. The molecular formula is C24H42F3NO2SSn. The molecule has 186 valence electrons. The van der Waals surface area contributed by atoms with Crippen LogP contribution in [0.1, 0.15) is 95.3 Å². The molecule has 0 bridgehead atoms. The molecule has 0 aliphatic rings. The molecule has 0 amide bonds. The van der Waals surface area contributed by atoms with E-state index in [4.69, 9.17) is 0 Å². The zero-order chi connectivity index (χ0) is 24.6. The molecule has 3 nitrogen and oxygen atoms in total. The zero-order valence-electron chi connectivity index (χ0n) is 20.6. The monoisotopic (exact) mass is 585 g/mol. The van der Waals surface area contributed by atoms with Crippen LogP contribution in [-0.2, 0) is 16.2 Å². The van der Waals surface area contributed by atoms with Crippen molar-refractivity contribution in [3.63, 3.8) is 0 Å². The predicted molar refractivity (Wildman–Crippen MR) is 131 cm³/mol. The Morgan fingerprint density at radius 1 is 0.844 bits per heavy atom. The molecule has 0 unspecified atom stereocenters. The van der Waals surface area contributed by atoms with E-state index in [0.717, 1.165) is 64.0 Å². The minimum atomic E-state index is -4.41. The summed E-state index contributed by atoms with van der Waals surface area (Å²) in [5.41, 5.74) is 0.0000808. The third-order valence-corrected chi connectivity index (χ3v) is 25.5. The average Bonchev–Trinajstić information content (AvgIpc) is 2.70. The van der Waals surface area contributed by atoms with Crippen molar-refractivity contribution in [1.29, 1.82) is 0 Å². The van der Waals surface area contributed by atoms with Crippen molar-refractivity contribution in [2.75, 3.05) is 0 Å². The Morgan fingerprint density at radius 3 is 1.56 bits per heavy atom. The molecule has 32 heavy (non-hydrogen) atoms. The maximum absolute atomic E-state index is 13.3. The van der Waals surface area contributed by atoms with Gasteiger partial charge in [-0.2, -0.15) is 0 Å². The van der Waals surface area contributed by atoms with Crippen molar-refractivity contribution in [3.8, 4) is 0 Å². The van der Waals surface area contributed by atoms with E-state index in [2.05, 4.69) is 25.5 Å². The molecule has 0 fully saturated rings. The van der Waals surface area contributed by atoms with Crippen molar-refractivity contribution in [2.24, 2.45) is 0 Å². The number of alkyl halides is 3. The first-order valence-corrected chi connectivity index (χ1v) is 21.1. The molecule has 0 aliphatic carbocycles. The van der Waals surface area contributed by atoms with Crippen molar-refractivity contribution >= 4 is 28.4 Å². The van der Waals surface area contributed by atoms with Crippen LogP contribution in [0.4, 0.5) is 13.2 Å². The predicted octanol–water partition coefficient (Wildman–Crippen LogP) is 7.85. The standard InChI is InChI=1S/C12H15F3NO2S.3C4H9.Sn/c1-11(2,3)19(17,18)16-8-9-4-6-10(7-5-9)12(13,14)15;3*1-3-4-2;/h4-8,16H,1-3H3;3*1,3-4H2,2H3;. The summed E-state index contributed by atoms with van der Waals surface area (Å²) in [5, 5.41) is 0. The van der Waals surface area contributed by atoms with Crippen molar-refractivity contribution < 1.29 is 21.6 Å². The van der Waals surface area contributed by atoms with E-state index in [1.165, 1.54) is 12.1 Å². The third-order valence-electron chi connectivity index (χ3n) is 6.35. The van der Waals surface area contributed by atoms with Gasteiger partial charge in [0.25, 0.3) is 0 Å². The summed E-state index contributed by atoms with van der Waals surface area (Å²) in [4.78, 5) is 0. The topological polar surface area (TPSA) is 46.2 Å². The van der Waals surface area contributed by atoms with Crippen LogP contribution < -0.4 is 4.72 Å². The van der Waals surface area contributed by atoms with Crippen LogP contribution in [0.2, 0.25) is 13.3 Å². The molecule has 0 spiro atoms. The van der Waals surface area contributed by atoms with Gasteiger partial charge in [-0.05, 0) is 0 Å². The number of sulfonamides is 1. The van der Waals surface area contributed by atoms with Gasteiger partial charge in [-0.15, -0.1) is 0 Å². The Morgan fingerprint density at radius 2 is 1.25 bits per heavy atom. The van der Waals surface area contributed by atoms with Crippen LogP contribution in [0.25, 0.3) is 0 Å². The molecule has 1 rings (SSSR count). The summed E-state index contributed by atoms with van der Waals surface area (Å²) in [6.07, 6.45) is 1.80. The first kappa shape index (κ1) is 29.8. The second-order valence-electron chi connectivity index (χ2n) is 9.96. The molecule has 0 saturated heterocycles. The molecule has 0 aliphatic heterocycles. The number of benzene rings is 1. The van der Waals surface area contributed by atoms with Gasteiger partial charge in [0, 0.05) is 0 Å². The van der Waals surface area contributed by atoms with E-state index < -0.39 is 44.9 Å². The van der Waals surface area contributed by atoms with Crippen molar-refractivity contribution in [3.05, 3.63) is 35.4 Å². The Hall–Kier alpha value is -0.281. The van der Waals surface area contributed by atoms with E-state index in [0.29, 0.717) is 5.56 Å². The van der Waals surface area contributed by atoms with Crippen molar-refractivity contribution in [1.82, 2.24) is 4.72 Å². The summed E-state index contributed by atoms with van der Waals surface area (Å²) in [6, 6.07) is 5.22. The molecule has 8 heteroatoms. The second kappa shape index (κ2) is 12.4. The van der Waals surface area contributed by atoms with Gasteiger partial charge >= 0.3 is 198 Å². The van der Waals surface area contributed by atoms with Crippen LogP contribution >= 0.6 is 0 Å². The van der Waals surface area contributed by atoms with Gasteiger partial charge in [-0.1, -0.05) is 0 Å². The van der Waals surface area contributed by atoms with E-state index in [9.17, 15) is 21.6 Å². The van der Waals surface area contributed by atoms with E-state index in [1.807, 2.05) is 0 Å². The van der Waals surface area contributed by atoms with Gasteiger partial charge in [-0.3, -0.25) is 0 Å². The minimum absolute atomic E-state index is 0.361. The zero-order valence-corrected chi connectivity index (χ0v) is 24.3. The number of hydrogen-bond donors (Lipinski definition) is 1. The SMILES string of the molecule is CCC[CH2][Sn]([CH2]CCC)([CH2]CCC)[C@@H](NS(=O)(=O)C(C)(C)C)c1ccc(C(F)(F)F)cc1. The molecule has 0 radical (unpaired) electrons. The molecule has 1 aromatic rings. The summed E-state index contributed by atoms with van der Waals surface area (Å²) in [6.45, 7) is 11.4. The number of hydrogen-bond acceptors (Lipinski definition) is 2. The first-order valence-electron chi connectivity index (χ1n) is 11.9. The van der Waals surface area contributed by atoms with Gasteiger partial charge in [0.2, 0.25) is 0 Å². The second-order valence-corrected chi connectivity index (χ2v) is 26.1. The van der Waals surface area contributed by atoms with Gasteiger partial charge in [0.05, 0.1) is 0 Å². The maximum atomic E-state index is 13.3. The molecule has 0 saturated carbocycles. The molecule has 1 aromatic carbocycles. The van der Waals surface area contributed by atoms with Crippen LogP contribution in [0.5, 0.6) is 0 Å². The summed E-state index contributed by atoms with van der Waals surface area (Å²) < 4.78 is 70.9. The van der Waals surface area contributed by atoms with Crippen molar-refractivity contribution in [2.45, 2.75) is 108 Å². The molecule has 1 atom stereocenters. The van der Waals surface area contributed by atoms with Crippen LogP contribution in [0.15, 0.2) is 24.3 Å². The van der Waals surface area contributed by atoms with Gasteiger partial charge in [-0.25, -0.2) is 0 Å². The number of unbranched alkanes of at least 4 members (excludes halogenated alkanes) is 3. The molecular weight excluding hydrogens is 542 g/mol. The number of rotatable bonds is 13. The molecule has 1 N–H and O–H groups in total. The fourth-order valence-electron chi connectivity index (χ4n) is 4.14. The Bertz CT molecular complexity index is 765. The van der Waals surface area contributed by atoms with E-state index in [1.54, 1.807) is 20.8 Å². The quantitative estimate of drug-likeness (QED) is 0.240. The van der Waals surface area contributed by atoms with Crippen LogP contribution in [0, 0.1) is 0 Å². The molecule has 0 heterocycles. The van der Waals surface area contributed by atoms with Gasteiger partial charge in [0.15, 0.2) is 0 Å². The molecule has 0 aromatic heterocycles. The van der Waals surface area contributed by atoms with Gasteiger partial charge < -0.3 is 0 Å². The van der Waals surface area contributed by atoms with E-state index in [-0.39, 0.29) is 4.06 Å².